The summed E-state index contributed by atoms with van der Waals surface area (Å²) < 4.78 is 13.2. The van der Waals surface area contributed by atoms with Gasteiger partial charge in [-0.15, -0.1) is 11.3 Å². The molecule has 1 N–H and O–H groups in total. The Morgan fingerprint density at radius 3 is 2.89 bits per heavy atom. The van der Waals surface area contributed by atoms with Gasteiger partial charge in [0.25, 0.3) is 0 Å². The highest BCUT2D eigenvalue weighted by molar-refractivity contribution is 7.10. The van der Waals surface area contributed by atoms with Crippen LogP contribution in [0.5, 0.6) is 0 Å². The van der Waals surface area contributed by atoms with E-state index in [1.54, 1.807) is 24.3 Å². The quantitative estimate of drug-likeness (QED) is 0.913. The fourth-order valence-electron chi connectivity index (χ4n) is 1.77. The van der Waals surface area contributed by atoms with Crippen molar-refractivity contribution in [3.05, 3.63) is 40.0 Å². The van der Waals surface area contributed by atoms with Crippen LogP contribution in [0.2, 0.25) is 0 Å². The van der Waals surface area contributed by atoms with Crippen molar-refractivity contribution < 1.29 is 9.50 Å². The van der Waals surface area contributed by atoms with Gasteiger partial charge in [0, 0.05) is 23.5 Å². The van der Waals surface area contributed by atoms with Crippen LogP contribution in [0.15, 0.2) is 23.6 Å². The smallest absolute Gasteiger partial charge is 0.126 e. The molecular formula is C14H16FNOS. The Morgan fingerprint density at radius 1 is 1.44 bits per heavy atom. The molecule has 1 atom stereocenters. The Hall–Kier alpha value is -1.26. The zero-order valence-corrected chi connectivity index (χ0v) is 11.3. The largest absolute Gasteiger partial charge is 0.396 e. The molecule has 2 aromatic rings. The van der Waals surface area contributed by atoms with Crippen LogP contribution in [0.3, 0.4) is 0 Å². The molecule has 0 fully saturated rings. The van der Waals surface area contributed by atoms with Crippen molar-refractivity contribution in [1.29, 1.82) is 0 Å². The first kappa shape index (κ1) is 13.2. The number of hydrogen-bond acceptors (Lipinski definition) is 3. The van der Waals surface area contributed by atoms with E-state index in [-0.39, 0.29) is 18.3 Å². The molecule has 2 rings (SSSR count). The average Bonchev–Trinajstić information content (AvgIpc) is 2.82. The molecule has 4 heteroatoms. The maximum atomic E-state index is 13.2. The lowest BCUT2D eigenvalue weighted by Crippen LogP contribution is -1.96. The van der Waals surface area contributed by atoms with E-state index in [0.29, 0.717) is 5.56 Å². The molecule has 1 unspecified atom stereocenters. The number of aromatic nitrogens is 1. The second kappa shape index (κ2) is 5.59. The first-order chi connectivity index (χ1) is 8.61. The molecule has 1 heterocycles. The fourth-order valence-corrected chi connectivity index (χ4v) is 2.69. The monoisotopic (exact) mass is 265 g/mol. The Morgan fingerprint density at radius 2 is 2.22 bits per heavy atom. The predicted octanol–water partition coefficient (Wildman–Crippen LogP) is 3.74. The van der Waals surface area contributed by atoms with Gasteiger partial charge >= 0.3 is 0 Å². The van der Waals surface area contributed by atoms with Crippen LogP contribution in [-0.2, 0) is 0 Å². The number of rotatable bonds is 4. The number of thiazole rings is 1. The molecule has 0 amide bonds. The van der Waals surface area contributed by atoms with E-state index in [1.807, 2.05) is 11.4 Å². The third-order valence-corrected chi connectivity index (χ3v) is 4.04. The summed E-state index contributed by atoms with van der Waals surface area (Å²) in [6.45, 7) is 3.97. The zero-order chi connectivity index (χ0) is 13.1. The fraction of sp³-hybridized carbons (Fsp3) is 0.357. The van der Waals surface area contributed by atoms with Crippen molar-refractivity contribution >= 4 is 11.3 Å². The maximum Gasteiger partial charge on any atom is 0.126 e. The summed E-state index contributed by atoms with van der Waals surface area (Å²) in [5.74, 6) is 0.0677. The first-order valence-electron chi connectivity index (χ1n) is 5.94. The second-order valence-electron chi connectivity index (χ2n) is 4.45. The zero-order valence-electron chi connectivity index (χ0n) is 10.5. The Labute approximate surface area is 110 Å². The van der Waals surface area contributed by atoms with Gasteiger partial charge in [0.2, 0.25) is 0 Å². The molecule has 0 radical (unpaired) electrons. The van der Waals surface area contributed by atoms with Crippen molar-refractivity contribution in [2.24, 2.45) is 0 Å². The highest BCUT2D eigenvalue weighted by Crippen LogP contribution is 2.28. The predicted molar refractivity (Wildman–Crippen MR) is 72.4 cm³/mol. The van der Waals surface area contributed by atoms with E-state index in [4.69, 9.17) is 5.11 Å². The van der Waals surface area contributed by atoms with Gasteiger partial charge in [-0.2, -0.15) is 0 Å². The Kier molecular flexibility index (Phi) is 4.09. The second-order valence-corrected chi connectivity index (χ2v) is 5.34. The molecule has 0 bridgehead atoms. The third-order valence-electron chi connectivity index (χ3n) is 2.96. The number of aliphatic hydroxyl groups is 1. The Bertz CT molecular complexity index is 538. The van der Waals surface area contributed by atoms with Crippen LogP contribution >= 0.6 is 11.3 Å². The number of aliphatic hydroxyl groups excluding tert-OH is 1. The first-order valence-corrected chi connectivity index (χ1v) is 6.82. The highest BCUT2D eigenvalue weighted by atomic mass is 32.1. The number of halogens is 1. The minimum atomic E-state index is -0.192. The van der Waals surface area contributed by atoms with Crippen molar-refractivity contribution in [1.82, 2.24) is 4.98 Å². The lowest BCUT2D eigenvalue weighted by Gasteiger charge is -2.04. The summed E-state index contributed by atoms with van der Waals surface area (Å²) in [5, 5.41) is 11.9. The van der Waals surface area contributed by atoms with Gasteiger partial charge in [0.1, 0.15) is 5.82 Å². The normalized spacial score (nSPS) is 12.7. The molecule has 0 aliphatic carbocycles. The standard InChI is InChI=1S/C14H16FNOS/c1-9(5-6-17)14-16-13(8-18-14)11-3-4-12(15)10(2)7-11/h3-4,7-9,17H,5-6H2,1-2H3. The lowest BCUT2D eigenvalue weighted by molar-refractivity contribution is 0.278. The van der Waals surface area contributed by atoms with Gasteiger partial charge in [0.15, 0.2) is 0 Å². The van der Waals surface area contributed by atoms with E-state index in [0.717, 1.165) is 22.7 Å². The van der Waals surface area contributed by atoms with Crippen molar-refractivity contribution in [3.63, 3.8) is 0 Å². The topological polar surface area (TPSA) is 33.1 Å². The number of benzene rings is 1. The summed E-state index contributed by atoms with van der Waals surface area (Å²) >= 11 is 1.59. The summed E-state index contributed by atoms with van der Waals surface area (Å²) in [5.41, 5.74) is 2.45. The lowest BCUT2D eigenvalue weighted by atomic mass is 10.1. The van der Waals surface area contributed by atoms with E-state index >= 15 is 0 Å². The van der Waals surface area contributed by atoms with E-state index in [9.17, 15) is 4.39 Å². The summed E-state index contributed by atoms with van der Waals surface area (Å²) in [7, 11) is 0. The number of nitrogens with zero attached hydrogens (tertiary/aromatic N) is 1. The molecule has 0 aliphatic rings. The van der Waals surface area contributed by atoms with Gasteiger partial charge < -0.3 is 5.11 Å². The minimum absolute atomic E-state index is 0.172. The van der Waals surface area contributed by atoms with Crippen LogP contribution in [0.1, 0.15) is 29.8 Å². The molecule has 0 saturated carbocycles. The van der Waals surface area contributed by atoms with Gasteiger partial charge in [-0.1, -0.05) is 6.92 Å². The highest BCUT2D eigenvalue weighted by Gasteiger charge is 2.11. The van der Waals surface area contributed by atoms with Crippen LogP contribution in [0.4, 0.5) is 4.39 Å². The van der Waals surface area contributed by atoms with Crippen LogP contribution in [-0.4, -0.2) is 16.7 Å². The SMILES string of the molecule is Cc1cc(-c2csc(C(C)CCO)n2)ccc1F. The van der Waals surface area contributed by atoms with Crippen LogP contribution < -0.4 is 0 Å². The van der Waals surface area contributed by atoms with Gasteiger partial charge in [-0.05, 0) is 37.1 Å². The average molecular weight is 265 g/mol. The summed E-state index contributed by atoms with van der Waals surface area (Å²) in [6, 6.07) is 5.03. The number of aryl methyl sites for hydroxylation is 1. The molecule has 1 aromatic carbocycles. The van der Waals surface area contributed by atoms with E-state index < -0.39 is 0 Å². The maximum absolute atomic E-state index is 13.2. The molecule has 18 heavy (non-hydrogen) atoms. The third kappa shape index (κ3) is 2.76. The van der Waals surface area contributed by atoms with Crippen LogP contribution in [0, 0.1) is 12.7 Å². The molecule has 0 saturated heterocycles. The van der Waals surface area contributed by atoms with Crippen molar-refractivity contribution in [2.75, 3.05) is 6.61 Å². The minimum Gasteiger partial charge on any atom is -0.396 e. The molecule has 0 spiro atoms. The molecule has 96 valence electrons. The summed E-state index contributed by atoms with van der Waals surface area (Å²) in [6.07, 6.45) is 0.718. The molecular weight excluding hydrogens is 249 g/mol. The van der Waals surface area contributed by atoms with Gasteiger partial charge in [-0.3, -0.25) is 0 Å². The van der Waals surface area contributed by atoms with Crippen molar-refractivity contribution in [2.45, 2.75) is 26.2 Å². The Balaban J connectivity index is 2.26. The molecule has 0 aliphatic heterocycles. The molecule has 2 nitrogen and oxygen atoms in total. The summed E-state index contributed by atoms with van der Waals surface area (Å²) in [4.78, 5) is 4.55. The van der Waals surface area contributed by atoms with Gasteiger partial charge in [-0.25, -0.2) is 9.37 Å². The van der Waals surface area contributed by atoms with Crippen molar-refractivity contribution in [3.8, 4) is 11.3 Å². The van der Waals surface area contributed by atoms with Crippen LogP contribution in [0.25, 0.3) is 11.3 Å². The number of hydrogen-bond donors (Lipinski definition) is 1. The van der Waals surface area contributed by atoms with E-state index in [1.165, 1.54) is 6.07 Å². The van der Waals surface area contributed by atoms with E-state index in [2.05, 4.69) is 11.9 Å². The molecule has 1 aromatic heterocycles. The van der Waals surface area contributed by atoms with Gasteiger partial charge in [0.05, 0.1) is 10.7 Å².